The first kappa shape index (κ1) is 12.5. The number of hydrogen-bond donors (Lipinski definition) is 2. The van der Waals surface area contributed by atoms with Gasteiger partial charge in [0, 0.05) is 5.56 Å². The zero-order valence-electron chi connectivity index (χ0n) is 10.2. The molecule has 0 atom stereocenters. The van der Waals surface area contributed by atoms with Crippen LogP contribution >= 0.6 is 11.6 Å². The Morgan fingerprint density at radius 1 is 1.20 bits per heavy atom. The molecular weight excluding hydrogens is 278 g/mol. The summed E-state index contributed by atoms with van der Waals surface area (Å²) in [6.07, 6.45) is 3.01. The Hall–Kier alpha value is -2.53. The molecule has 0 aliphatic carbocycles. The van der Waals surface area contributed by atoms with E-state index < -0.39 is 0 Å². The second-order valence-corrected chi connectivity index (χ2v) is 4.54. The minimum atomic E-state index is 0.0124. The SMILES string of the molecule is Nc1cnc(-c2ccc(O)c(Cl)c2)c(-c2ccco2)n1. The maximum atomic E-state index is 9.48. The lowest BCUT2D eigenvalue weighted by Gasteiger charge is -2.07. The summed E-state index contributed by atoms with van der Waals surface area (Å²) in [5.41, 5.74) is 7.50. The molecule has 3 rings (SSSR count). The Labute approximate surface area is 119 Å². The predicted molar refractivity (Wildman–Crippen MR) is 76.3 cm³/mol. The van der Waals surface area contributed by atoms with E-state index in [-0.39, 0.29) is 10.8 Å². The first-order valence-corrected chi connectivity index (χ1v) is 6.18. The Bertz CT molecular complexity index is 757. The van der Waals surface area contributed by atoms with Crippen LogP contribution in [-0.2, 0) is 0 Å². The average Bonchev–Trinajstić information content (AvgIpc) is 2.96. The molecule has 2 aromatic heterocycles. The van der Waals surface area contributed by atoms with E-state index in [0.29, 0.717) is 28.5 Å². The molecule has 0 fully saturated rings. The van der Waals surface area contributed by atoms with Gasteiger partial charge in [0.1, 0.15) is 17.3 Å². The third-order valence-corrected chi connectivity index (χ3v) is 3.07. The van der Waals surface area contributed by atoms with Crippen LogP contribution in [0.25, 0.3) is 22.7 Å². The molecular formula is C14H10ClN3O2. The van der Waals surface area contributed by atoms with Crippen LogP contribution in [0.4, 0.5) is 5.82 Å². The van der Waals surface area contributed by atoms with Gasteiger partial charge in [-0.05, 0) is 30.3 Å². The fourth-order valence-corrected chi connectivity index (χ4v) is 2.03. The van der Waals surface area contributed by atoms with Crippen LogP contribution in [-0.4, -0.2) is 15.1 Å². The number of nitrogens with zero attached hydrogens (tertiary/aromatic N) is 2. The fraction of sp³-hybridized carbons (Fsp3) is 0. The van der Waals surface area contributed by atoms with Crippen LogP contribution in [0.3, 0.4) is 0 Å². The van der Waals surface area contributed by atoms with Crippen molar-refractivity contribution in [2.75, 3.05) is 5.73 Å². The molecule has 0 radical (unpaired) electrons. The topological polar surface area (TPSA) is 85.2 Å². The first-order chi connectivity index (χ1) is 9.65. The highest BCUT2D eigenvalue weighted by Gasteiger charge is 2.14. The van der Waals surface area contributed by atoms with Crippen molar-refractivity contribution in [3.05, 3.63) is 47.8 Å². The largest absolute Gasteiger partial charge is 0.506 e. The van der Waals surface area contributed by atoms with Crippen molar-refractivity contribution >= 4 is 17.4 Å². The van der Waals surface area contributed by atoms with Gasteiger partial charge in [-0.3, -0.25) is 0 Å². The molecule has 3 aromatic rings. The summed E-state index contributed by atoms with van der Waals surface area (Å²) < 4.78 is 5.35. The molecule has 1 aromatic carbocycles. The second-order valence-electron chi connectivity index (χ2n) is 4.14. The normalized spacial score (nSPS) is 10.7. The van der Waals surface area contributed by atoms with Gasteiger partial charge in [-0.2, -0.15) is 0 Å². The highest BCUT2D eigenvalue weighted by atomic mass is 35.5. The summed E-state index contributed by atoms with van der Waals surface area (Å²) >= 11 is 5.93. The highest BCUT2D eigenvalue weighted by Crippen LogP contribution is 2.33. The quantitative estimate of drug-likeness (QED) is 0.755. The molecule has 20 heavy (non-hydrogen) atoms. The van der Waals surface area contributed by atoms with Crippen molar-refractivity contribution in [1.82, 2.24) is 9.97 Å². The van der Waals surface area contributed by atoms with Crippen molar-refractivity contribution in [2.45, 2.75) is 0 Å². The van der Waals surface area contributed by atoms with E-state index in [1.807, 2.05) is 0 Å². The Morgan fingerprint density at radius 2 is 2.05 bits per heavy atom. The van der Waals surface area contributed by atoms with Gasteiger partial charge in [0.2, 0.25) is 0 Å². The zero-order chi connectivity index (χ0) is 14.1. The minimum absolute atomic E-state index is 0.0124. The van der Waals surface area contributed by atoms with Crippen molar-refractivity contribution < 1.29 is 9.52 Å². The van der Waals surface area contributed by atoms with E-state index in [1.165, 1.54) is 12.3 Å². The summed E-state index contributed by atoms with van der Waals surface area (Å²) in [6, 6.07) is 8.35. The number of furan rings is 1. The van der Waals surface area contributed by atoms with Gasteiger partial charge in [0.25, 0.3) is 0 Å². The van der Waals surface area contributed by atoms with Gasteiger partial charge < -0.3 is 15.3 Å². The van der Waals surface area contributed by atoms with Crippen molar-refractivity contribution in [3.8, 4) is 28.5 Å². The average molecular weight is 288 g/mol. The third-order valence-electron chi connectivity index (χ3n) is 2.77. The van der Waals surface area contributed by atoms with Crippen LogP contribution < -0.4 is 5.73 Å². The minimum Gasteiger partial charge on any atom is -0.506 e. The van der Waals surface area contributed by atoms with E-state index in [4.69, 9.17) is 21.8 Å². The third kappa shape index (κ3) is 2.19. The number of nitrogen functional groups attached to an aromatic ring is 1. The zero-order valence-corrected chi connectivity index (χ0v) is 11.0. The molecule has 0 spiro atoms. The summed E-state index contributed by atoms with van der Waals surface area (Å²) in [4.78, 5) is 8.55. The molecule has 0 saturated carbocycles. The van der Waals surface area contributed by atoms with Crippen LogP contribution in [0.2, 0.25) is 5.02 Å². The number of anilines is 1. The lowest BCUT2D eigenvalue weighted by atomic mass is 10.1. The summed E-state index contributed by atoms with van der Waals surface area (Å²) in [5.74, 6) is 0.868. The van der Waals surface area contributed by atoms with Crippen molar-refractivity contribution in [2.24, 2.45) is 0 Å². The summed E-state index contributed by atoms with van der Waals surface area (Å²) in [6.45, 7) is 0. The molecule has 0 unspecified atom stereocenters. The Morgan fingerprint density at radius 3 is 2.75 bits per heavy atom. The van der Waals surface area contributed by atoms with Crippen LogP contribution in [0, 0.1) is 0 Å². The standard InChI is InChI=1S/C14H10ClN3O2/c15-9-6-8(3-4-10(9)19)13-14(11-2-1-5-20-11)18-12(16)7-17-13/h1-7,19H,(H2,16,18). The molecule has 0 amide bonds. The molecule has 0 aliphatic rings. The molecule has 2 heterocycles. The number of phenolic OH excluding ortho intramolecular Hbond substituents is 1. The molecule has 0 aliphatic heterocycles. The molecule has 0 bridgehead atoms. The number of phenols is 1. The van der Waals surface area contributed by atoms with Gasteiger partial charge >= 0.3 is 0 Å². The number of aromatic hydroxyl groups is 1. The van der Waals surface area contributed by atoms with Gasteiger partial charge in [-0.1, -0.05) is 11.6 Å². The summed E-state index contributed by atoms with van der Waals surface area (Å²) in [7, 11) is 0. The molecule has 0 saturated heterocycles. The van der Waals surface area contributed by atoms with E-state index >= 15 is 0 Å². The number of hydrogen-bond acceptors (Lipinski definition) is 5. The van der Waals surface area contributed by atoms with E-state index in [2.05, 4.69) is 9.97 Å². The Kier molecular flexibility index (Phi) is 3.04. The maximum Gasteiger partial charge on any atom is 0.154 e. The molecule has 3 N–H and O–H groups in total. The predicted octanol–water partition coefficient (Wildman–Crippen LogP) is 3.34. The monoisotopic (exact) mass is 287 g/mol. The van der Waals surface area contributed by atoms with Crippen molar-refractivity contribution in [1.29, 1.82) is 0 Å². The molecule has 6 heteroatoms. The summed E-state index contributed by atoms with van der Waals surface area (Å²) in [5, 5.41) is 9.72. The Balaban J connectivity index is 2.20. The van der Waals surface area contributed by atoms with Gasteiger partial charge in [0.05, 0.1) is 23.2 Å². The fourth-order valence-electron chi connectivity index (χ4n) is 1.85. The van der Waals surface area contributed by atoms with Crippen LogP contribution in [0.15, 0.2) is 47.2 Å². The van der Waals surface area contributed by atoms with Crippen molar-refractivity contribution in [3.63, 3.8) is 0 Å². The maximum absolute atomic E-state index is 9.48. The van der Waals surface area contributed by atoms with Crippen LogP contribution in [0.1, 0.15) is 0 Å². The van der Waals surface area contributed by atoms with E-state index in [0.717, 1.165) is 0 Å². The van der Waals surface area contributed by atoms with Gasteiger partial charge in [0.15, 0.2) is 5.76 Å². The van der Waals surface area contributed by atoms with E-state index in [1.54, 1.807) is 30.5 Å². The van der Waals surface area contributed by atoms with E-state index in [9.17, 15) is 5.11 Å². The van der Waals surface area contributed by atoms with Gasteiger partial charge in [-0.15, -0.1) is 0 Å². The highest BCUT2D eigenvalue weighted by molar-refractivity contribution is 6.32. The number of nitrogens with two attached hydrogens (primary N) is 1. The molecule has 100 valence electrons. The lowest BCUT2D eigenvalue weighted by molar-refractivity contribution is 0.475. The number of rotatable bonds is 2. The number of halogens is 1. The smallest absolute Gasteiger partial charge is 0.154 e. The number of aromatic nitrogens is 2. The lowest BCUT2D eigenvalue weighted by Crippen LogP contribution is -1.97. The van der Waals surface area contributed by atoms with Gasteiger partial charge in [-0.25, -0.2) is 9.97 Å². The number of benzene rings is 1. The van der Waals surface area contributed by atoms with Crippen LogP contribution in [0.5, 0.6) is 5.75 Å². The molecule has 5 nitrogen and oxygen atoms in total. The first-order valence-electron chi connectivity index (χ1n) is 5.80. The second kappa shape index (κ2) is 4.86.